The highest BCUT2D eigenvalue weighted by Crippen LogP contribution is 2.29. The smallest absolute Gasteiger partial charge is 0.0413 e. The fraction of sp³-hybridized carbons (Fsp3) is 0.733. The SMILES string of the molecule is CC(c1cccs1)N1CCCN2CCCCC2C1. The van der Waals surface area contributed by atoms with Crippen LogP contribution in [0.3, 0.4) is 0 Å². The van der Waals surface area contributed by atoms with Crippen molar-refractivity contribution >= 4 is 11.3 Å². The minimum Gasteiger partial charge on any atom is -0.299 e. The zero-order valence-corrected chi connectivity index (χ0v) is 12.2. The van der Waals surface area contributed by atoms with Gasteiger partial charge in [-0.3, -0.25) is 9.80 Å². The third-order valence-corrected chi connectivity index (χ3v) is 5.63. The number of piperidine rings is 1. The molecule has 3 heterocycles. The average molecular weight is 264 g/mol. The molecule has 0 aliphatic carbocycles. The third kappa shape index (κ3) is 2.63. The van der Waals surface area contributed by atoms with Gasteiger partial charge in [0.2, 0.25) is 0 Å². The van der Waals surface area contributed by atoms with Gasteiger partial charge in [0.25, 0.3) is 0 Å². The number of thiophene rings is 1. The summed E-state index contributed by atoms with van der Waals surface area (Å²) in [5.74, 6) is 0. The van der Waals surface area contributed by atoms with Crippen molar-refractivity contribution in [2.24, 2.45) is 0 Å². The van der Waals surface area contributed by atoms with Crippen molar-refractivity contribution in [3.8, 4) is 0 Å². The van der Waals surface area contributed by atoms with Crippen LogP contribution >= 0.6 is 11.3 Å². The van der Waals surface area contributed by atoms with Gasteiger partial charge in [-0.05, 0) is 50.7 Å². The Morgan fingerprint density at radius 1 is 1.22 bits per heavy atom. The Morgan fingerprint density at radius 3 is 2.94 bits per heavy atom. The van der Waals surface area contributed by atoms with Crippen LogP contribution in [0.4, 0.5) is 0 Å². The molecule has 2 aliphatic heterocycles. The van der Waals surface area contributed by atoms with Crippen molar-refractivity contribution in [3.05, 3.63) is 22.4 Å². The molecule has 2 saturated heterocycles. The summed E-state index contributed by atoms with van der Waals surface area (Å²) in [6.07, 6.45) is 5.60. The maximum Gasteiger partial charge on any atom is 0.0413 e. The van der Waals surface area contributed by atoms with Crippen molar-refractivity contribution in [2.75, 3.05) is 26.2 Å². The van der Waals surface area contributed by atoms with Gasteiger partial charge in [0.1, 0.15) is 0 Å². The van der Waals surface area contributed by atoms with Crippen LogP contribution in [-0.4, -0.2) is 42.0 Å². The molecule has 0 bridgehead atoms. The minimum atomic E-state index is 0.604. The first-order valence-electron chi connectivity index (χ1n) is 7.36. The molecule has 0 aromatic carbocycles. The second-order valence-corrected chi connectivity index (χ2v) is 6.70. The summed E-state index contributed by atoms with van der Waals surface area (Å²) in [6.45, 7) is 7.58. The molecule has 2 fully saturated rings. The van der Waals surface area contributed by atoms with Crippen LogP contribution in [0.1, 0.15) is 43.5 Å². The number of rotatable bonds is 2. The number of hydrogen-bond donors (Lipinski definition) is 0. The summed E-state index contributed by atoms with van der Waals surface area (Å²) in [5.41, 5.74) is 0. The highest BCUT2D eigenvalue weighted by Gasteiger charge is 2.29. The van der Waals surface area contributed by atoms with Gasteiger partial charge < -0.3 is 0 Å². The molecule has 1 aromatic rings. The molecule has 2 aliphatic rings. The lowest BCUT2D eigenvalue weighted by atomic mass is 10.0. The van der Waals surface area contributed by atoms with E-state index in [0.717, 1.165) is 6.04 Å². The van der Waals surface area contributed by atoms with E-state index in [-0.39, 0.29) is 0 Å². The van der Waals surface area contributed by atoms with Crippen LogP contribution < -0.4 is 0 Å². The molecule has 100 valence electrons. The molecule has 0 amide bonds. The van der Waals surface area contributed by atoms with Crippen LogP contribution in [0.5, 0.6) is 0 Å². The lowest BCUT2D eigenvalue weighted by Gasteiger charge is -2.36. The fourth-order valence-electron chi connectivity index (χ4n) is 3.46. The maximum absolute atomic E-state index is 2.74. The lowest BCUT2D eigenvalue weighted by molar-refractivity contribution is 0.124. The van der Waals surface area contributed by atoms with E-state index in [4.69, 9.17) is 0 Å². The molecule has 2 nitrogen and oxygen atoms in total. The molecule has 0 N–H and O–H groups in total. The largest absolute Gasteiger partial charge is 0.299 e. The van der Waals surface area contributed by atoms with Crippen LogP contribution in [0.2, 0.25) is 0 Å². The minimum absolute atomic E-state index is 0.604. The first-order valence-corrected chi connectivity index (χ1v) is 8.24. The van der Waals surface area contributed by atoms with Crippen molar-refractivity contribution in [1.82, 2.24) is 9.80 Å². The molecule has 1 aromatic heterocycles. The van der Waals surface area contributed by atoms with Crippen LogP contribution in [0.25, 0.3) is 0 Å². The third-order valence-electron chi connectivity index (χ3n) is 4.59. The molecule has 18 heavy (non-hydrogen) atoms. The standard InChI is InChI=1S/C15H24N2S/c1-13(15-7-4-11-18-15)17-10-5-9-16-8-3-2-6-14(16)12-17/h4,7,11,13-14H,2-3,5-6,8-10,12H2,1H3. The van der Waals surface area contributed by atoms with Gasteiger partial charge in [-0.1, -0.05) is 12.5 Å². The van der Waals surface area contributed by atoms with E-state index < -0.39 is 0 Å². The summed E-state index contributed by atoms with van der Waals surface area (Å²) in [5, 5.41) is 2.20. The first-order chi connectivity index (χ1) is 8.84. The molecule has 2 unspecified atom stereocenters. The fourth-order valence-corrected chi connectivity index (χ4v) is 4.28. The van der Waals surface area contributed by atoms with Crippen molar-refractivity contribution in [2.45, 2.75) is 44.7 Å². The topological polar surface area (TPSA) is 6.48 Å². The number of nitrogens with zero attached hydrogens (tertiary/aromatic N) is 2. The Balaban J connectivity index is 1.69. The molecule has 0 radical (unpaired) electrons. The van der Waals surface area contributed by atoms with Gasteiger partial charge in [0, 0.05) is 30.1 Å². The molecule has 3 heteroatoms. The van der Waals surface area contributed by atoms with E-state index in [9.17, 15) is 0 Å². The monoisotopic (exact) mass is 264 g/mol. The van der Waals surface area contributed by atoms with Crippen molar-refractivity contribution in [3.63, 3.8) is 0 Å². The Kier molecular flexibility index (Phi) is 4.02. The summed E-state index contributed by atoms with van der Waals surface area (Å²) in [6, 6.07) is 5.90. The summed E-state index contributed by atoms with van der Waals surface area (Å²) in [7, 11) is 0. The van der Waals surface area contributed by atoms with E-state index >= 15 is 0 Å². The quantitative estimate of drug-likeness (QED) is 0.808. The lowest BCUT2D eigenvalue weighted by Crippen LogP contribution is -2.44. The predicted octanol–water partition coefficient (Wildman–Crippen LogP) is 3.37. The van der Waals surface area contributed by atoms with Crippen molar-refractivity contribution < 1.29 is 0 Å². The molecule has 0 spiro atoms. The van der Waals surface area contributed by atoms with Gasteiger partial charge in [-0.25, -0.2) is 0 Å². The van der Waals surface area contributed by atoms with E-state index in [1.54, 1.807) is 0 Å². The Hall–Kier alpha value is -0.380. The molecule has 2 atom stereocenters. The summed E-state index contributed by atoms with van der Waals surface area (Å²) in [4.78, 5) is 6.98. The number of fused-ring (bicyclic) bond motifs is 1. The first kappa shape index (κ1) is 12.6. The maximum atomic E-state index is 2.74. The molecule has 3 rings (SSSR count). The van der Waals surface area contributed by atoms with Gasteiger partial charge >= 0.3 is 0 Å². The molecule has 0 saturated carbocycles. The Labute approximate surface area is 115 Å². The van der Waals surface area contributed by atoms with Gasteiger partial charge in [-0.15, -0.1) is 11.3 Å². The zero-order chi connectivity index (χ0) is 12.4. The molecular formula is C15H24N2S. The summed E-state index contributed by atoms with van der Waals surface area (Å²) >= 11 is 1.91. The second kappa shape index (κ2) is 5.72. The Morgan fingerprint density at radius 2 is 2.11 bits per heavy atom. The van der Waals surface area contributed by atoms with Crippen LogP contribution in [-0.2, 0) is 0 Å². The number of hydrogen-bond acceptors (Lipinski definition) is 3. The van der Waals surface area contributed by atoms with E-state index in [0.29, 0.717) is 6.04 Å². The second-order valence-electron chi connectivity index (χ2n) is 5.73. The highest BCUT2D eigenvalue weighted by molar-refractivity contribution is 7.10. The summed E-state index contributed by atoms with van der Waals surface area (Å²) < 4.78 is 0. The van der Waals surface area contributed by atoms with E-state index in [2.05, 4.69) is 34.2 Å². The van der Waals surface area contributed by atoms with E-state index in [1.165, 1.54) is 56.7 Å². The average Bonchev–Trinajstić information content (AvgIpc) is 2.84. The van der Waals surface area contributed by atoms with Gasteiger partial charge in [-0.2, -0.15) is 0 Å². The van der Waals surface area contributed by atoms with Crippen LogP contribution in [0.15, 0.2) is 17.5 Å². The normalized spacial score (nSPS) is 28.6. The Bertz CT molecular complexity index is 363. The molecular weight excluding hydrogens is 240 g/mol. The van der Waals surface area contributed by atoms with Gasteiger partial charge in [0.15, 0.2) is 0 Å². The predicted molar refractivity (Wildman–Crippen MR) is 78.1 cm³/mol. The van der Waals surface area contributed by atoms with E-state index in [1.807, 2.05) is 11.3 Å². The van der Waals surface area contributed by atoms with Crippen molar-refractivity contribution in [1.29, 1.82) is 0 Å². The van der Waals surface area contributed by atoms with Gasteiger partial charge in [0.05, 0.1) is 0 Å². The van der Waals surface area contributed by atoms with Crippen LogP contribution in [0, 0.1) is 0 Å². The highest BCUT2D eigenvalue weighted by atomic mass is 32.1. The zero-order valence-electron chi connectivity index (χ0n) is 11.3.